The number of nitrogens with two attached hydrogens (primary N) is 1. The van der Waals surface area contributed by atoms with Gasteiger partial charge in [-0.2, -0.15) is 0 Å². The third-order valence-electron chi connectivity index (χ3n) is 2.18. The summed E-state index contributed by atoms with van der Waals surface area (Å²) >= 11 is 0. The molecular formula is C9H14NO3P. The maximum absolute atomic E-state index is 11.1. The lowest BCUT2D eigenvalue weighted by molar-refractivity contribution is 0.359. The van der Waals surface area contributed by atoms with E-state index in [1.807, 2.05) is 19.1 Å². The first kappa shape index (κ1) is 11.4. The molecule has 0 aromatic heterocycles. The van der Waals surface area contributed by atoms with Crippen LogP contribution in [0.1, 0.15) is 16.8 Å². The van der Waals surface area contributed by atoms with Crippen molar-refractivity contribution in [2.75, 3.05) is 6.54 Å². The van der Waals surface area contributed by atoms with Crippen LogP contribution in [0.25, 0.3) is 0 Å². The quantitative estimate of drug-likeness (QED) is 0.661. The van der Waals surface area contributed by atoms with Gasteiger partial charge < -0.3 is 15.5 Å². The minimum Gasteiger partial charge on any atom is -0.329 e. The molecule has 14 heavy (non-hydrogen) atoms. The molecule has 0 bridgehead atoms. The van der Waals surface area contributed by atoms with E-state index in [1.165, 1.54) is 0 Å². The van der Waals surface area contributed by atoms with Crippen LogP contribution >= 0.6 is 7.60 Å². The molecule has 1 aromatic carbocycles. The Bertz CT molecular complexity index is 361. The first-order valence-corrected chi connectivity index (χ1v) is 5.95. The second kappa shape index (κ2) is 4.24. The van der Waals surface area contributed by atoms with E-state index in [4.69, 9.17) is 15.5 Å². The normalized spacial score (nSPS) is 14.0. The second-order valence-corrected chi connectivity index (χ2v) is 5.00. The fourth-order valence-electron chi connectivity index (χ4n) is 1.41. The molecule has 1 atom stereocenters. The largest absolute Gasteiger partial charge is 0.334 e. The Morgan fingerprint density at radius 1 is 1.43 bits per heavy atom. The Morgan fingerprint density at radius 2 is 2.00 bits per heavy atom. The van der Waals surface area contributed by atoms with Crippen LogP contribution < -0.4 is 5.73 Å². The maximum atomic E-state index is 11.1. The molecule has 0 spiro atoms. The van der Waals surface area contributed by atoms with Crippen molar-refractivity contribution >= 4 is 7.60 Å². The molecule has 1 rings (SSSR count). The summed E-state index contributed by atoms with van der Waals surface area (Å²) in [6.07, 6.45) is 0. The van der Waals surface area contributed by atoms with Crippen LogP contribution in [0.5, 0.6) is 0 Å². The minimum atomic E-state index is -4.15. The molecule has 0 fully saturated rings. The highest BCUT2D eigenvalue weighted by molar-refractivity contribution is 7.52. The molecule has 0 amide bonds. The van der Waals surface area contributed by atoms with Gasteiger partial charge in [-0.05, 0) is 18.1 Å². The maximum Gasteiger partial charge on any atom is 0.334 e. The molecule has 0 aliphatic heterocycles. The van der Waals surface area contributed by atoms with Crippen LogP contribution in [0.2, 0.25) is 0 Å². The molecular weight excluding hydrogens is 201 g/mol. The van der Waals surface area contributed by atoms with E-state index in [0.717, 1.165) is 5.56 Å². The van der Waals surface area contributed by atoms with Crippen LogP contribution in [0, 0.1) is 6.92 Å². The monoisotopic (exact) mass is 215 g/mol. The molecule has 5 heteroatoms. The number of hydrogen-bond acceptors (Lipinski definition) is 2. The molecule has 78 valence electrons. The molecule has 1 unspecified atom stereocenters. The van der Waals surface area contributed by atoms with E-state index in [2.05, 4.69) is 0 Å². The topological polar surface area (TPSA) is 83.6 Å². The van der Waals surface area contributed by atoms with Gasteiger partial charge in [0.1, 0.15) is 0 Å². The number of benzene rings is 1. The first-order valence-electron chi connectivity index (χ1n) is 4.27. The van der Waals surface area contributed by atoms with Crippen molar-refractivity contribution in [3.8, 4) is 0 Å². The molecule has 0 saturated carbocycles. The third kappa shape index (κ3) is 2.42. The van der Waals surface area contributed by atoms with Crippen LogP contribution in [0.4, 0.5) is 0 Å². The van der Waals surface area contributed by atoms with Crippen LogP contribution in [0.15, 0.2) is 24.3 Å². The van der Waals surface area contributed by atoms with E-state index in [1.54, 1.807) is 12.1 Å². The van der Waals surface area contributed by atoms with Crippen molar-refractivity contribution in [1.82, 2.24) is 0 Å². The molecule has 0 heterocycles. The Hall–Kier alpha value is -0.670. The van der Waals surface area contributed by atoms with Crippen molar-refractivity contribution in [3.05, 3.63) is 35.4 Å². The van der Waals surface area contributed by atoms with Gasteiger partial charge >= 0.3 is 7.60 Å². The van der Waals surface area contributed by atoms with Gasteiger partial charge in [0.25, 0.3) is 0 Å². The standard InChI is InChI=1S/C9H14NO3P/c1-7-4-2-3-5-8(7)9(6-10)14(11,12)13/h2-5,9H,6,10H2,1H3,(H2,11,12,13). The summed E-state index contributed by atoms with van der Waals surface area (Å²) in [5, 5.41) is 0. The highest BCUT2D eigenvalue weighted by atomic mass is 31.2. The minimum absolute atomic E-state index is 0.0465. The van der Waals surface area contributed by atoms with E-state index < -0.39 is 13.3 Å². The molecule has 0 aliphatic carbocycles. The number of hydrogen-bond donors (Lipinski definition) is 3. The fraction of sp³-hybridized carbons (Fsp3) is 0.333. The van der Waals surface area contributed by atoms with Crippen LogP contribution in [-0.4, -0.2) is 16.3 Å². The predicted molar refractivity (Wildman–Crippen MR) is 55.0 cm³/mol. The molecule has 1 aromatic rings. The van der Waals surface area contributed by atoms with E-state index >= 15 is 0 Å². The Labute approximate surface area is 82.9 Å². The second-order valence-electron chi connectivity index (χ2n) is 3.20. The van der Waals surface area contributed by atoms with Crippen molar-refractivity contribution in [2.24, 2.45) is 5.73 Å². The zero-order valence-corrected chi connectivity index (χ0v) is 8.82. The summed E-state index contributed by atoms with van der Waals surface area (Å²) in [5.41, 5.74) is 5.96. The smallest absolute Gasteiger partial charge is 0.329 e. The third-order valence-corrected chi connectivity index (χ3v) is 3.48. The van der Waals surface area contributed by atoms with Crippen molar-refractivity contribution < 1.29 is 14.4 Å². The van der Waals surface area contributed by atoms with Gasteiger partial charge in [0, 0.05) is 6.54 Å². The first-order chi connectivity index (χ1) is 6.46. The van der Waals surface area contributed by atoms with E-state index in [9.17, 15) is 4.57 Å². The zero-order chi connectivity index (χ0) is 10.8. The van der Waals surface area contributed by atoms with Gasteiger partial charge in [0.15, 0.2) is 0 Å². The fourth-order valence-corrected chi connectivity index (χ4v) is 2.33. The van der Waals surface area contributed by atoms with Gasteiger partial charge in [-0.25, -0.2) is 0 Å². The van der Waals surface area contributed by atoms with E-state index in [-0.39, 0.29) is 6.54 Å². The summed E-state index contributed by atoms with van der Waals surface area (Å²) in [6.45, 7) is 1.77. The highest BCUT2D eigenvalue weighted by Crippen LogP contribution is 2.51. The Balaban J connectivity index is 3.14. The molecule has 4 N–H and O–H groups in total. The van der Waals surface area contributed by atoms with Gasteiger partial charge in [0.05, 0.1) is 5.66 Å². The van der Waals surface area contributed by atoms with Crippen molar-refractivity contribution in [1.29, 1.82) is 0 Å². The molecule has 4 nitrogen and oxygen atoms in total. The summed E-state index contributed by atoms with van der Waals surface area (Å²) < 4.78 is 11.1. The highest BCUT2D eigenvalue weighted by Gasteiger charge is 2.29. The average Bonchev–Trinajstić information content (AvgIpc) is 2.07. The molecule has 0 aliphatic rings. The van der Waals surface area contributed by atoms with Crippen LogP contribution in [0.3, 0.4) is 0 Å². The van der Waals surface area contributed by atoms with E-state index in [0.29, 0.717) is 5.56 Å². The Morgan fingerprint density at radius 3 is 2.43 bits per heavy atom. The number of rotatable bonds is 3. The number of aryl methyl sites for hydroxylation is 1. The lowest BCUT2D eigenvalue weighted by atomic mass is 10.1. The molecule has 0 radical (unpaired) electrons. The summed E-state index contributed by atoms with van der Waals surface area (Å²) in [5.74, 6) is 0. The van der Waals surface area contributed by atoms with Gasteiger partial charge in [0.2, 0.25) is 0 Å². The Kier molecular flexibility index (Phi) is 3.45. The van der Waals surface area contributed by atoms with Gasteiger partial charge in [-0.1, -0.05) is 24.3 Å². The lowest BCUT2D eigenvalue weighted by Gasteiger charge is -2.18. The molecule has 0 saturated heterocycles. The van der Waals surface area contributed by atoms with Crippen molar-refractivity contribution in [3.63, 3.8) is 0 Å². The summed E-state index contributed by atoms with van der Waals surface area (Å²) in [7, 11) is -4.15. The predicted octanol–water partition coefficient (Wildman–Crippen LogP) is 1.17. The average molecular weight is 215 g/mol. The van der Waals surface area contributed by atoms with Crippen LogP contribution in [-0.2, 0) is 4.57 Å². The SMILES string of the molecule is Cc1ccccc1C(CN)P(=O)(O)O. The lowest BCUT2D eigenvalue weighted by Crippen LogP contribution is -2.13. The van der Waals surface area contributed by atoms with Crippen molar-refractivity contribution in [2.45, 2.75) is 12.6 Å². The summed E-state index contributed by atoms with van der Waals surface area (Å²) in [4.78, 5) is 18.2. The summed E-state index contributed by atoms with van der Waals surface area (Å²) in [6, 6.07) is 7.09. The zero-order valence-electron chi connectivity index (χ0n) is 7.92. The van der Waals surface area contributed by atoms with Gasteiger partial charge in [-0.15, -0.1) is 0 Å². The van der Waals surface area contributed by atoms with Gasteiger partial charge in [-0.3, -0.25) is 4.57 Å².